The molecular formula is C13H25N3O2. The number of rotatable bonds is 7. The number of carbonyl (C=O) groups excluding carboxylic acids is 2. The van der Waals surface area contributed by atoms with Gasteiger partial charge < -0.3 is 16.0 Å². The van der Waals surface area contributed by atoms with Crippen molar-refractivity contribution >= 4 is 11.7 Å². The summed E-state index contributed by atoms with van der Waals surface area (Å²) in [6, 6.07) is 0.0731. The van der Waals surface area contributed by atoms with Gasteiger partial charge in [0.1, 0.15) is 0 Å². The molecule has 0 aliphatic carbocycles. The van der Waals surface area contributed by atoms with Crippen LogP contribution in [0.4, 0.5) is 0 Å². The number of hydrogen-bond donors (Lipinski definition) is 2. The Kier molecular flexibility index (Phi) is 6.21. The van der Waals surface area contributed by atoms with E-state index < -0.39 is 5.54 Å². The van der Waals surface area contributed by atoms with Crippen molar-refractivity contribution in [3.63, 3.8) is 0 Å². The minimum Gasteiger partial charge on any atom is -0.337 e. The van der Waals surface area contributed by atoms with Gasteiger partial charge in [-0.25, -0.2) is 0 Å². The summed E-state index contributed by atoms with van der Waals surface area (Å²) in [6.45, 7) is 11.1. The Labute approximate surface area is 109 Å². The lowest BCUT2D eigenvalue weighted by Gasteiger charge is -2.23. The van der Waals surface area contributed by atoms with Crippen molar-refractivity contribution < 1.29 is 9.59 Å². The molecule has 0 saturated heterocycles. The number of carbonyl (C=O) groups is 2. The first-order valence-corrected chi connectivity index (χ1v) is 6.00. The van der Waals surface area contributed by atoms with E-state index in [-0.39, 0.29) is 30.8 Å². The Hall–Kier alpha value is -1.20. The summed E-state index contributed by atoms with van der Waals surface area (Å²) in [5.41, 5.74) is 5.73. The van der Waals surface area contributed by atoms with Crippen molar-refractivity contribution in [3.8, 4) is 0 Å². The molecule has 104 valence electrons. The molecule has 0 aliphatic heterocycles. The number of amides is 1. The number of hydrogen-bond acceptors (Lipinski definition) is 4. The van der Waals surface area contributed by atoms with Gasteiger partial charge in [-0.15, -0.1) is 0 Å². The number of ketones is 1. The normalized spacial score (nSPS) is 13.0. The van der Waals surface area contributed by atoms with E-state index in [9.17, 15) is 9.59 Å². The van der Waals surface area contributed by atoms with Crippen molar-refractivity contribution in [2.45, 2.75) is 39.3 Å². The van der Waals surface area contributed by atoms with Crippen molar-refractivity contribution in [2.24, 2.45) is 5.73 Å². The monoisotopic (exact) mass is 255 g/mol. The Morgan fingerprint density at radius 1 is 1.44 bits per heavy atom. The van der Waals surface area contributed by atoms with E-state index in [4.69, 9.17) is 5.73 Å². The molecule has 0 heterocycles. The fourth-order valence-corrected chi connectivity index (χ4v) is 1.06. The van der Waals surface area contributed by atoms with Crippen LogP contribution in [0.1, 0.15) is 27.7 Å². The molecule has 0 aromatic rings. The summed E-state index contributed by atoms with van der Waals surface area (Å²) >= 11 is 0. The zero-order chi connectivity index (χ0) is 14.5. The first-order valence-electron chi connectivity index (χ1n) is 6.00. The van der Waals surface area contributed by atoms with E-state index in [2.05, 4.69) is 11.9 Å². The van der Waals surface area contributed by atoms with Gasteiger partial charge in [0.2, 0.25) is 5.91 Å². The summed E-state index contributed by atoms with van der Waals surface area (Å²) in [7, 11) is 1.60. The topological polar surface area (TPSA) is 75.4 Å². The largest absolute Gasteiger partial charge is 0.337 e. The number of Topliss-reactive ketones (excluding diaryl/α,β-unsaturated/α-hetero) is 1. The van der Waals surface area contributed by atoms with E-state index in [0.717, 1.165) is 5.57 Å². The van der Waals surface area contributed by atoms with Gasteiger partial charge in [-0.2, -0.15) is 0 Å². The zero-order valence-corrected chi connectivity index (χ0v) is 12.0. The highest BCUT2D eigenvalue weighted by Crippen LogP contribution is 2.01. The zero-order valence-electron chi connectivity index (χ0n) is 12.0. The van der Waals surface area contributed by atoms with E-state index >= 15 is 0 Å². The van der Waals surface area contributed by atoms with Gasteiger partial charge >= 0.3 is 0 Å². The molecule has 1 atom stereocenters. The Balaban J connectivity index is 4.20. The van der Waals surface area contributed by atoms with Crippen molar-refractivity contribution in [1.82, 2.24) is 10.2 Å². The average Bonchev–Trinajstić information content (AvgIpc) is 2.23. The molecule has 5 heteroatoms. The molecule has 0 aliphatic rings. The molecule has 1 amide bonds. The number of nitrogens with one attached hydrogen (secondary N) is 1. The maximum absolute atomic E-state index is 11.8. The second-order valence-electron chi connectivity index (χ2n) is 5.34. The van der Waals surface area contributed by atoms with E-state index in [1.54, 1.807) is 20.9 Å². The van der Waals surface area contributed by atoms with E-state index in [1.807, 2.05) is 13.8 Å². The Morgan fingerprint density at radius 2 is 1.94 bits per heavy atom. The molecule has 0 radical (unpaired) electrons. The van der Waals surface area contributed by atoms with Crippen LogP contribution in [0.5, 0.6) is 0 Å². The van der Waals surface area contributed by atoms with Gasteiger partial charge in [0.05, 0.1) is 18.6 Å². The van der Waals surface area contributed by atoms with Crippen LogP contribution in [0.15, 0.2) is 12.2 Å². The molecule has 3 N–H and O–H groups in total. The number of nitrogens with two attached hydrogens (primary N) is 1. The molecule has 0 fully saturated rings. The Bertz CT molecular complexity index is 332. The molecule has 1 unspecified atom stereocenters. The van der Waals surface area contributed by atoms with E-state index in [0.29, 0.717) is 0 Å². The van der Waals surface area contributed by atoms with Crippen LogP contribution < -0.4 is 11.1 Å². The third-order valence-corrected chi connectivity index (χ3v) is 2.82. The van der Waals surface area contributed by atoms with Gasteiger partial charge in [0, 0.05) is 13.1 Å². The standard InChI is InChI=1S/C13H25N3O2/c1-9(2)10(3)15-7-12(18)16(6)8-11(17)13(4,5)14/h10,15H,1,7-8,14H2,2-6H3. The van der Waals surface area contributed by atoms with Gasteiger partial charge in [-0.1, -0.05) is 12.2 Å². The minimum absolute atomic E-state index is 0.0332. The van der Waals surface area contributed by atoms with Gasteiger partial charge in [0.15, 0.2) is 5.78 Å². The quantitative estimate of drug-likeness (QED) is 0.642. The van der Waals surface area contributed by atoms with Crippen LogP contribution in [-0.2, 0) is 9.59 Å². The molecule has 0 rings (SSSR count). The van der Waals surface area contributed by atoms with E-state index in [1.165, 1.54) is 4.90 Å². The van der Waals surface area contributed by atoms with Crippen LogP contribution in [0.25, 0.3) is 0 Å². The fraction of sp³-hybridized carbons (Fsp3) is 0.692. The van der Waals surface area contributed by atoms with Crippen LogP contribution in [0, 0.1) is 0 Å². The smallest absolute Gasteiger partial charge is 0.236 e. The molecule has 0 aromatic carbocycles. The van der Waals surface area contributed by atoms with Gasteiger partial charge in [-0.05, 0) is 27.7 Å². The van der Waals surface area contributed by atoms with Crippen LogP contribution in [0.2, 0.25) is 0 Å². The highest BCUT2D eigenvalue weighted by molar-refractivity contribution is 5.92. The second kappa shape index (κ2) is 6.66. The van der Waals surface area contributed by atoms with Crippen molar-refractivity contribution in [3.05, 3.63) is 12.2 Å². The summed E-state index contributed by atoms with van der Waals surface area (Å²) in [4.78, 5) is 24.8. The SMILES string of the molecule is C=C(C)C(C)NCC(=O)N(C)CC(=O)C(C)(C)N. The molecule has 18 heavy (non-hydrogen) atoms. The van der Waals surface area contributed by atoms with Gasteiger partial charge in [0.25, 0.3) is 0 Å². The number of likely N-dealkylation sites (N-methyl/N-ethyl adjacent to an activating group) is 1. The first-order chi connectivity index (χ1) is 8.05. The average molecular weight is 255 g/mol. The Morgan fingerprint density at radius 3 is 2.33 bits per heavy atom. The van der Waals surface area contributed by atoms with Crippen LogP contribution in [0.3, 0.4) is 0 Å². The summed E-state index contributed by atoms with van der Waals surface area (Å²) < 4.78 is 0. The van der Waals surface area contributed by atoms with Crippen molar-refractivity contribution in [2.75, 3.05) is 20.1 Å². The molecule has 0 saturated carbocycles. The lowest BCUT2D eigenvalue weighted by Crippen LogP contribution is -2.49. The lowest BCUT2D eigenvalue weighted by molar-refractivity contribution is -0.134. The fourth-order valence-electron chi connectivity index (χ4n) is 1.06. The predicted molar refractivity (Wildman–Crippen MR) is 73.2 cm³/mol. The molecule has 0 bridgehead atoms. The van der Waals surface area contributed by atoms with Crippen molar-refractivity contribution in [1.29, 1.82) is 0 Å². The van der Waals surface area contributed by atoms with Crippen LogP contribution in [-0.4, -0.2) is 48.3 Å². The molecule has 0 aromatic heterocycles. The lowest BCUT2D eigenvalue weighted by atomic mass is 10.0. The number of nitrogens with zero attached hydrogens (tertiary/aromatic N) is 1. The van der Waals surface area contributed by atoms with Gasteiger partial charge in [-0.3, -0.25) is 9.59 Å². The second-order valence-corrected chi connectivity index (χ2v) is 5.34. The third kappa shape index (κ3) is 5.93. The third-order valence-electron chi connectivity index (χ3n) is 2.82. The first kappa shape index (κ1) is 16.8. The molecule has 5 nitrogen and oxygen atoms in total. The minimum atomic E-state index is -0.910. The summed E-state index contributed by atoms with van der Waals surface area (Å²) in [6.07, 6.45) is 0. The predicted octanol–water partition coefficient (Wildman–Crippen LogP) is 0.305. The maximum atomic E-state index is 11.8. The maximum Gasteiger partial charge on any atom is 0.236 e. The summed E-state index contributed by atoms with van der Waals surface area (Å²) in [5, 5.41) is 3.04. The highest BCUT2D eigenvalue weighted by atomic mass is 16.2. The van der Waals surface area contributed by atoms with Crippen LogP contribution >= 0.6 is 0 Å². The molecule has 0 spiro atoms. The highest BCUT2D eigenvalue weighted by Gasteiger charge is 2.24. The summed E-state index contributed by atoms with van der Waals surface area (Å²) in [5.74, 6) is -0.299. The molecular weight excluding hydrogens is 230 g/mol.